The van der Waals surface area contributed by atoms with E-state index in [4.69, 9.17) is 4.78 Å². The third-order valence-electron chi connectivity index (χ3n) is 5.83. The van der Waals surface area contributed by atoms with Gasteiger partial charge in [0, 0.05) is 40.2 Å². The second kappa shape index (κ2) is 9.50. The maximum atomic E-state index is 14.3. The number of amides is 2. The fourth-order valence-corrected chi connectivity index (χ4v) is 5.18. The van der Waals surface area contributed by atoms with Crippen LogP contribution in [0.25, 0.3) is 10.9 Å². The van der Waals surface area contributed by atoms with Gasteiger partial charge in [-0.15, -0.1) is 0 Å². The summed E-state index contributed by atoms with van der Waals surface area (Å²) in [7, 11) is -3.01. The molecule has 1 aromatic carbocycles. The molecule has 0 spiro atoms. The number of hydrogen-bond donors (Lipinski definition) is 2. The van der Waals surface area contributed by atoms with Crippen LogP contribution in [0.4, 0.5) is 10.2 Å². The number of nitrogens with one attached hydrogen (secondary N) is 2. The van der Waals surface area contributed by atoms with Crippen LogP contribution in [0, 0.1) is 4.78 Å². The Labute approximate surface area is 209 Å². The Bertz CT molecular complexity index is 1460. The van der Waals surface area contributed by atoms with E-state index in [1.165, 1.54) is 36.4 Å². The van der Waals surface area contributed by atoms with Gasteiger partial charge in [-0.1, -0.05) is 6.07 Å². The number of anilines is 1. The molecule has 12 heteroatoms. The number of aromatic nitrogens is 2. The lowest BCUT2D eigenvalue weighted by Gasteiger charge is -2.24. The number of fused-ring (bicyclic) bond motifs is 1. The van der Waals surface area contributed by atoms with E-state index in [9.17, 15) is 23.0 Å². The van der Waals surface area contributed by atoms with Crippen molar-refractivity contribution >= 4 is 60.0 Å². The van der Waals surface area contributed by atoms with E-state index in [0.717, 1.165) is 0 Å². The topological polar surface area (TPSA) is 125 Å². The monoisotopic (exact) mass is 563 g/mol. The van der Waals surface area contributed by atoms with Gasteiger partial charge >= 0.3 is 0 Å². The van der Waals surface area contributed by atoms with Gasteiger partial charge in [-0.25, -0.2) is 18.4 Å². The van der Waals surface area contributed by atoms with Gasteiger partial charge in [-0.05, 0) is 53.2 Å². The minimum Gasteiger partial charge on any atom is -0.337 e. The Morgan fingerprint density at radius 2 is 2.03 bits per heavy atom. The number of rotatable bonds is 6. The molecule has 0 aliphatic carbocycles. The molecule has 3 atom stereocenters. The lowest BCUT2D eigenvalue weighted by molar-refractivity contribution is -0.137. The molecule has 1 fully saturated rings. The number of Topliss-reactive ketones (excluding diaryl/α,β-unsaturated/α-hetero) is 1. The van der Waals surface area contributed by atoms with Gasteiger partial charge in [0.2, 0.25) is 11.8 Å². The largest absolute Gasteiger partial charge is 0.337 e. The van der Waals surface area contributed by atoms with E-state index in [-0.39, 0.29) is 36.0 Å². The smallest absolute Gasteiger partial charge is 0.248 e. The third-order valence-corrected chi connectivity index (χ3v) is 7.42. The summed E-state index contributed by atoms with van der Waals surface area (Å²) < 4.78 is 36.4. The van der Waals surface area contributed by atoms with Gasteiger partial charge in [-0.3, -0.25) is 14.4 Å². The predicted octanol–water partition coefficient (Wildman–Crippen LogP) is 3.61. The van der Waals surface area contributed by atoms with E-state index in [2.05, 4.69) is 26.2 Å². The number of alkyl halides is 1. The van der Waals surface area contributed by atoms with Crippen molar-refractivity contribution in [2.75, 3.05) is 18.1 Å². The Balaban J connectivity index is 1.61. The molecule has 0 radical (unpaired) electrons. The zero-order valence-corrected chi connectivity index (χ0v) is 21.4. The molecule has 3 aromatic rings. The summed E-state index contributed by atoms with van der Waals surface area (Å²) >= 11 is 3.22. The quantitative estimate of drug-likeness (QED) is 0.350. The van der Waals surface area contributed by atoms with Crippen LogP contribution in [0.3, 0.4) is 0 Å². The summed E-state index contributed by atoms with van der Waals surface area (Å²) in [6, 6.07) is 8.62. The number of ketones is 1. The van der Waals surface area contributed by atoms with Crippen LogP contribution in [-0.4, -0.2) is 61.3 Å². The molecular formula is C23H23BrFN5O4S. The van der Waals surface area contributed by atoms with Crippen molar-refractivity contribution in [3.63, 3.8) is 0 Å². The number of halogens is 2. The molecule has 9 nitrogen and oxygen atoms in total. The van der Waals surface area contributed by atoms with Crippen LogP contribution in [0.1, 0.15) is 23.7 Å². The van der Waals surface area contributed by atoms with Gasteiger partial charge in [0.05, 0.1) is 16.3 Å². The molecule has 0 bridgehead atoms. The standard InChI is InChI=1S/C23H23BrFN5O4S/c1-13(31)17-11-29(18-7-6-15(9-16(17)18)35(2,26)34)12-22(32)30-10-14(25)8-19(30)23(33)28-21-5-3-4-20(24)27-21/h3-7,9,11,14,19,26H,8,10,12H2,1-2H3,(H,27,28,33)/t14-,19?,35?/m1/s1. The van der Waals surface area contributed by atoms with Gasteiger partial charge in [-0.2, -0.15) is 0 Å². The van der Waals surface area contributed by atoms with E-state index in [1.54, 1.807) is 28.8 Å². The lowest BCUT2D eigenvalue weighted by atomic mass is 10.1. The van der Waals surface area contributed by atoms with Crippen molar-refractivity contribution in [1.82, 2.24) is 14.5 Å². The molecule has 3 heterocycles. The van der Waals surface area contributed by atoms with Crippen LogP contribution >= 0.6 is 15.9 Å². The maximum absolute atomic E-state index is 14.3. The van der Waals surface area contributed by atoms with Crippen LogP contribution in [0.15, 0.2) is 52.1 Å². The second-order valence-corrected chi connectivity index (χ2v) is 11.5. The summed E-state index contributed by atoms with van der Waals surface area (Å²) in [5.41, 5.74) is 0.851. The van der Waals surface area contributed by atoms with Crippen LogP contribution in [-0.2, 0) is 25.9 Å². The zero-order chi connectivity index (χ0) is 25.5. The number of carbonyl (C=O) groups excluding carboxylic acids is 3. The average molecular weight is 564 g/mol. The first-order valence-electron chi connectivity index (χ1n) is 10.7. The Morgan fingerprint density at radius 1 is 1.29 bits per heavy atom. The first-order valence-corrected chi connectivity index (χ1v) is 13.4. The second-order valence-electron chi connectivity index (χ2n) is 8.48. The number of nitrogens with zero attached hydrogens (tertiary/aromatic N) is 3. The predicted molar refractivity (Wildman–Crippen MR) is 133 cm³/mol. The zero-order valence-electron chi connectivity index (χ0n) is 19.0. The Kier molecular flexibility index (Phi) is 6.78. The first-order chi connectivity index (χ1) is 16.4. The van der Waals surface area contributed by atoms with E-state index in [0.29, 0.717) is 21.1 Å². The fraction of sp³-hybridized carbons (Fsp3) is 0.304. The molecule has 1 aliphatic heterocycles. The molecule has 35 heavy (non-hydrogen) atoms. The van der Waals surface area contributed by atoms with Crippen molar-refractivity contribution in [2.45, 2.75) is 37.0 Å². The highest BCUT2D eigenvalue weighted by atomic mass is 79.9. The van der Waals surface area contributed by atoms with Gasteiger partial charge in [0.15, 0.2) is 5.78 Å². The Hall–Kier alpha value is -3.12. The third kappa shape index (κ3) is 5.27. The molecule has 0 saturated carbocycles. The van der Waals surface area contributed by atoms with Crippen molar-refractivity contribution in [2.24, 2.45) is 0 Å². The van der Waals surface area contributed by atoms with Gasteiger partial charge in [0.1, 0.15) is 29.2 Å². The molecular weight excluding hydrogens is 541 g/mol. The van der Waals surface area contributed by atoms with Crippen molar-refractivity contribution in [1.29, 1.82) is 4.78 Å². The summed E-state index contributed by atoms with van der Waals surface area (Å²) in [6.45, 7) is 0.932. The van der Waals surface area contributed by atoms with Gasteiger partial charge < -0.3 is 14.8 Å². The summed E-state index contributed by atoms with van der Waals surface area (Å²) in [5, 5.41) is 3.10. The lowest BCUT2D eigenvalue weighted by Crippen LogP contribution is -2.44. The molecule has 1 aliphatic rings. The van der Waals surface area contributed by atoms with E-state index >= 15 is 0 Å². The summed E-state index contributed by atoms with van der Waals surface area (Å²) in [6.07, 6.45) is 1.32. The summed E-state index contributed by atoms with van der Waals surface area (Å²) in [5.74, 6) is -0.999. The minimum atomic E-state index is -3.01. The number of likely N-dealkylation sites (tertiary alicyclic amines) is 1. The number of carbonyl (C=O) groups is 3. The van der Waals surface area contributed by atoms with Gasteiger partial charge in [0.25, 0.3) is 0 Å². The molecule has 2 amide bonds. The highest BCUT2D eigenvalue weighted by Gasteiger charge is 2.40. The number of pyridine rings is 1. The average Bonchev–Trinajstić information content (AvgIpc) is 3.34. The van der Waals surface area contributed by atoms with Crippen molar-refractivity contribution in [3.8, 4) is 0 Å². The first kappa shape index (κ1) is 25.0. The summed E-state index contributed by atoms with van der Waals surface area (Å²) in [4.78, 5) is 43.9. The van der Waals surface area contributed by atoms with Crippen LogP contribution < -0.4 is 5.32 Å². The molecule has 2 aromatic heterocycles. The Morgan fingerprint density at radius 3 is 2.69 bits per heavy atom. The molecule has 2 unspecified atom stereocenters. The number of hydrogen-bond acceptors (Lipinski definition) is 6. The molecule has 2 N–H and O–H groups in total. The maximum Gasteiger partial charge on any atom is 0.248 e. The van der Waals surface area contributed by atoms with E-state index < -0.39 is 33.8 Å². The van der Waals surface area contributed by atoms with Crippen LogP contribution in [0.5, 0.6) is 0 Å². The molecule has 184 valence electrons. The molecule has 1 saturated heterocycles. The SMILES string of the molecule is CC(=O)c1cn(CC(=O)N2C[C@H](F)CC2C(=O)Nc2cccc(Br)n2)c2ccc(S(C)(=N)=O)cc12. The van der Waals surface area contributed by atoms with Crippen LogP contribution in [0.2, 0.25) is 0 Å². The highest BCUT2D eigenvalue weighted by Crippen LogP contribution is 2.27. The van der Waals surface area contributed by atoms with E-state index in [1.807, 2.05) is 0 Å². The normalized spacial score (nSPS) is 19.5. The van der Waals surface area contributed by atoms with Crippen molar-refractivity contribution in [3.05, 3.63) is 52.8 Å². The van der Waals surface area contributed by atoms with Crippen molar-refractivity contribution < 1.29 is 23.0 Å². The number of benzene rings is 1. The fourth-order valence-electron chi connectivity index (χ4n) is 4.16. The highest BCUT2D eigenvalue weighted by molar-refractivity contribution is 9.10. The molecule has 4 rings (SSSR count). The minimum absolute atomic E-state index is 0.131.